The van der Waals surface area contributed by atoms with Crippen molar-refractivity contribution >= 4 is 0 Å². The molecule has 2 aromatic rings. The van der Waals surface area contributed by atoms with Crippen LogP contribution in [0.2, 0.25) is 0 Å². The van der Waals surface area contributed by atoms with Crippen molar-refractivity contribution in [3.8, 4) is 5.69 Å². The van der Waals surface area contributed by atoms with Crippen LogP contribution in [0.4, 0.5) is 0 Å². The summed E-state index contributed by atoms with van der Waals surface area (Å²) in [6.45, 7) is 9.30. The Kier molecular flexibility index (Phi) is 4.61. The molecule has 108 valence electrons. The summed E-state index contributed by atoms with van der Waals surface area (Å²) in [5.41, 5.74) is 13.3. The Bertz CT molecular complexity index is 597. The molecule has 2 N–H and O–H groups in total. The fourth-order valence-electron chi connectivity index (χ4n) is 2.86. The molecule has 2 rings (SSSR count). The highest BCUT2D eigenvalue weighted by atomic mass is 15.3. The van der Waals surface area contributed by atoms with Gasteiger partial charge in [-0.1, -0.05) is 31.5 Å². The predicted molar refractivity (Wildman–Crippen MR) is 84.6 cm³/mol. The van der Waals surface area contributed by atoms with Crippen molar-refractivity contribution < 1.29 is 0 Å². The summed E-state index contributed by atoms with van der Waals surface area (Å²) in [6, 6.07) is 6.53. The van der Waals surface area contributed by atoms with Gasteiger partial charge in [-0.25, -0.2) is 4.68 Å². The van der Waals surface area contributed by atoms with E-state index < -0.39 is 0 Å². The first kappa shape index (κ1) is 14.8. The van der Waals surface area contributed by atoms with Gasteiger partial charge in [-0.3, -0.25) is 0 Å². The Morgan fingerprint density at radius 2 is 1.90 bits per heavy atom. The number of nitrogens with two attached hydrogens (primary N) is 1. The molecule has 3 heteroatoms. The Labute approximate surface area is 121 Å². The molecule has 1 aromatic heterocycles. The van der Waals surface area contributed by atoms with Crippen LogP contribution in [0.25, 0.3) is 5.69 Å². The lowest BCUT2D eigenvalue weighted by Crippen LogP contribution is -2.08. The summed E-state index contributed by atoms with van der Waals surface area (Å²) in [7, 11) is 0. The summed E-state index contributed by atoms with van der Waals surface area (Å²) in [6.07, 6.45) is 2.85. The van der Waals surface area contributed by atoms with Gasteiger partial charge in [0, 0.05) is 5.69 Å². The van der Waals surface area contributed by atoms with Gasteiger partial charge in [-0.05, 0) is 56.8 Å². The molecule has 1 heterocycles. The molecule has 0 aliphatic heterocycles. The van der Waals surface area contributed by atoms with Crippen molar-refractivity contribution in [2.75, 3.05) is 6.54 Å². The Morgan fingerprint density at radius 3 is 2.45 bits per heavy atom. The lowest BCUT2D eigenvalue weighted by atomic mass is 10.1. The number of hydrogen-bond donors (Lipinski definition) is 1. The summed E-state index contributed by atoms with van der Waals surface area (Å²) in [5, 5.41) is 4.84. The summed E-state index contributed by atoms with van der Waals surface area (Å²) in [4.78, 5) is 0. The molecule has 1 aromatic carbocycles. The van der Waals surface area contributed by atoms with E-state index in [1.807, 2.05) is 0 Å². The van der Waals surface area contributed by atoms with Crippen LogP contribution in [0.5, 0.6) is 0 Å². The van der Waals surface area contributed by atoms with Gasteiger partial charge in [0.05, 0.1) is 11.4 Å². The van der Waals surface area contributed by atoms with Crippen molar-refractivity contribution in [3.05, 3.63) is 46.3 Å². The van der Waals surface area contributed by atoms with E-state index in [0.717, 1.165) is 19.3 Å². The highest BCUT2D eigenvalue weighted by molar-refractivity contribution is 5.45. The van der Waals surface area contributed by atoms with Gasteiger partial charge in [0.2, 0.25) is 0 Å². The normalized spacial score (nSPS) is 11.1. The van der Waals surface area contributed by atoms with Gasteiger partial charge in [-0.2, -0.15) is 5.10 Å². The molecular weight excluding hydrogens is 246 g/mol. The van der Waals surface area contributed by atoms with E-state index in [4.69, 9.17) is 10.8 Å². The molecule has 3 nitrogen and oxygen atoms in total. The lowest BCUT2D eigenvalue weighted by molar-refractivity contribution is 0.787. The molecule has 0 radical (unpaired) electrons. The Balaban J connectivity index is 2.61. The van der Waals surface area contributed by atoms with E-state index in [0.29, 0.717) is 6.54 Å². The molecular formula is C17H25N3. The highest BCUT2D eigenvalue weighted by Crippen LogP contribution is 2.23. The third-order valence-corrected chi connectivity index (χ3v) is 3.82. The summed E-state index contributed by atoms with van der Waals surface area (Å²) in [5.74, 6) is 0. The molecule has 0 unspecified atom stereocenters. The zero-order valence-corrected chi connectivity index (χ0v) is 13.0. The number of nitrogens with zero attached hydrogens (tertiary/aromatic N) is 2. The van der Waals surface area contributed by atoms with Gasteiger partial charge >= 0.3 is 0 Å². The molecule has 0 aliphatic carbocycles. The third-order valence-electron chi connectivity index (χ3n) is 3.82. The van der Waals surface area contributed by atoms with E-state index in [9.17, 15) is 0 Å². The van der Waals surface area contributed by atoms with Crippen molar-refractivity contribution in [2.45, 2.75) is 47.0 Å². The minimum absolute atomic E-state index is 0.679. The van der Waals surface area contributed by atoms with Crippen LogP contribution in [0.3, 0.4) is 0 Å². The monoisotopic (exact) mass is 271 g/mol. The zero-order valence-electron chi connectivity index (χ0n) is 13.0. The van der Waals surface area contributed by atoms with Gasteiger partial charge in [-0.15, -0.1) is 0 Å². The minimum Gasteiger partial charge on any atom is -0.330 e. The van der Waals surface area contributed by atoms with Crippen molar-refractivity contribution in [1.29, 1.82) is 0 Å². The Morgan fingerprint density at radius 1 is 1.15 bits per heavy atom. The number of aromatic nitrogens is 2. The van der Waals surface area contributed by atoms with Gasteiger partial charge < -0.3 is 5.73 Å². The molecule has 0 saturated heterocycles. The lowest BCUT2D eigenvalue weighted by Gasteiger charge is -2.11. The van der Waals surface area contributed by atoms with E-state index in [2.05, 4.69) is 50.6 Å². The van der Waals surface area contributed by atoms with E-state index in [1.54, 1.807) is 0 Å². The maximum absolute atomic E-state index is 5.77. The van der Waals surface area contributed by atoms with Crippen LogP contribution in [0.1, 0.15) is 41.9 Å². The second-order valence-electron chi connectivity index (χ2n) is 5.32. The topological polar surface area (TPSA) is 43.8 Å². The standard InChI is InChI=1S/C17H25N3/c1-5-15-14(9-10-18)16(6-2)20(19-15)17-8-7-12(3)11-13(17)4/h7-8,11H,5-6,9-10,18H2,1-4H3. The van der Waals surface area contributed by atoms with Crippen LogP contribution in [-0.4, -0.2) is 16.3 Å². The van der Waals surface area contributed by atoms with Crippen LogP contribution in [0.15, 0.2) is 18.2 Å². The number of benzene rings is 1. The van der Waals surface area contributed by atoms with Crippen molar-refractivity contribution in [1.82, 2.24) is 9.78 Å². The summed E-state index contributed by atoms with van der Waals surface area (Å²) >= 11 is 0. The maximum Gasteiger partial charge on any atom is 0.0678 e. The maximum atomic E-state index is 5.77. The van der Waals surface area contributed by atoms with Crippen molar-refractivity contribution in [2.24, 2.45) is 5.73 Å². The first-order chi connectivity index (χ1) is 9.62. The average Bonchev–Trinajstić information content (AvgIpc) is 2.77. The van der Waals surface area contributed by atoms with Crippen LogP contribution < -0.4 is 5.73 Å². The van der Waals surface area contributed by atoms with Crippen molar-refractivity contribution in [3.63, 3.8) is 0 Å². The quantitative estimate of drug-likeness (QED) is 0.908. The number of hydrogen-bond acceptors (Lipinski definition) is 2. The first-order valence-corrected chi connectivity index (χ1v) is 7.49. The van der Waals surface area contributed by atoms with Crippen LogP contribution in [-0.2, 0) is 19.3 Å². The summed E-state index contributed by atoms with van der Waals surface area (Å²) < 4.78 is 2.12. The predicted octanol–water partition coefficient (Wildman–Crippen LogP) is 3.12. The molecule has 0 bridgehead atoms. The molecule has 0 atom stereocenters. The minimum atomic E-state index is 0.679. The highest BCUT2D eigenvalue weighted by Gasteiger charge is 2.16. The van der Waals surface area contributed by atoms with E-state index in [1.165, 1.54) is 33.8 Å². The van der Waals surface area contributed by atoms with E-state index >= 15 is 0 Å². The van der Waals surface area contributed by atoms with Gasteiger partial charge in [0.1, 0.15) is 0 Å². The molecule has 0 fully saturated rings. The van der Waals surface area contributed by atoms with E-state index in [-0.39, 0.29) is 0 Å². The number of rotatable bonds is 5. The molecule has 0 aliphatic rings. The Hall–Kier alpha value is -1.61. The van der Waals surface area contributed by atoms with Gasteiger partial charge in [0.25, 0.3) is 0 Å². The first-order valence-electron chi connectivity index (χ1n) is 7.49. The smallest absolute Gasteiger partial charge is 0.0678 e. The molecule has 0 amide bonds. The average molecular weight is 271 g/mol. The second-order valence-corrected chi connectivity index (χ2v) is 5.32. The largest absolute Gasteiger partial charge is 0.330 e. The van der Waals surface area contributed by atoms with Gasteiger partial charge in [0.15, 0.2) is 0 Å². The second kappa shape index (κ2) is 6.23. The fraction of sp³-hybridized carbons (Fsp3) is 0.471. The third kappa shape index (κ3) is 2.63. The fourth-order valence-corrected chi connectivity index (χ4v) is 2.86. The number of aryl methyl sites for hydroxylation is 3. The molecule has 0 spiro atoms. The molecule has 0 saturated carbocycles. The van der Waals surface area contributed by atoms with Crippen LogP contribution in [0, 0.1) is 13.8 Å². The zero-order chi connectivity index (χ0) is 14.7. The molecule has 20 heavy (non-hydrogen) atoms. The van der Waals surface area contributed by atoms with Crippen LogP contribution >= 0.6 is 0 Å². The SMILES string of the molecule is CCc1nn(-c2ccc(C)cc2C)c(CC)c1CCN.